The summed E-state index contributed by atoms with van der Waals surface area (Å²) >= 11 is 11.8. The molecule has 3 aromatic rings. The van der Waals surface area contributed by atoms with Crippen LogP contribution < -0.4 is 10.9 Å². The highest BCUT2D eigenvalue weighted by Gasteiger charge is 2.23. The van der Waals surface area contributed by atoms with Gasteiger partial charge in [0.05, 0.1) is 10.6 Å². The van der Waals surface area contributed by atoms with E-state index in [1.54, 1.807) is 24.3 Å². The zero-order valence-corrected chi connectivity index (χ0v) is 15.3. The van der Waals surface area contributed by atoms with Gasteiger partial charge in [0.15, 0.2) is 0 Å². The van der Waals surface area contributed by atoms with Crippen molar-refractivity contribution in [3.05, 3.63) is 80.1 Å². The quantitative estimate of drug-likeness (QED) is 0.607. The lowest BCUT2D eigenvalue weighted by atomic mass is 10.0. The van der Waals surface area contributed by atoms with Gasteiger partial charge < -0.3 is 15.4 Å². The summed E-state index contributed by atoms with van der Waals surface area (Å²) in [4.78, 5) is 38.7. The first-order valence-electron chi connectivity index (χ1n) is 7.95. The monoisotopic (exact) mass is 404 g/mol. The van der Waals surface area contributed by atoms with Gasteiger partial charge in [0.2, 0.25) is 5.56 Å². The second kappa shape index (κ2) is 7.82. The molecular weight excluding hydrogens is 391 g/mol. The summed E-state index contributed by atoms with van der Waals surface area (Å²) in [6, 6.07) is 11.4. The zero-order valence-electron chi connectivity index (χ0n) is 13.8. The fraction of sp³-hybridized carbons (Fsp3) is 0.105. The lowest BCUT2D eigenvalue weighted by Crippen LogP contribution is -2.42. The highest BCUT2D eigenvalue weighted by Crippen LogP contribution is 2.21. The van der Waals surface area contributed by atoms with Crippen LogP contribution in [0.3, 0.4) is 0 Å². The van der Waals surface area contributed by atoms with E-state index in [4.69, 9.17) is 23.2 Å². The lowest BCUT2D eigenvalue weighted by molar-refractivity contribution is -0.139. The van der Waals surface area contributed by atoms with E-state index < -0.39 is 17.9 Å². The Morgan fingerprint density at radius 3 is 2.56 bits per heavy atom. The van der Waals surface area contributed by atoms with Crippen molar-refractivity contribution in [2.24, 2.45) is 0 Å². The molecule has 2 aromatic carbocycles. The van der Waals surface area contributed by atoms with Crippen molar-refractivity contribution < 1.29 is 14.7 Å². The second-order valence-corrected chi connectivity index (χ2v) is 6.74. The smallest absolute Gasteiger partial charge is 0.326 e. The van der Waals surface area contributed by atoms with Gasteiger partial charge in [0, 0.05) is 28.4 Å². The molecule has 0 bridgehead atoms. The van der Waals surface area contributed by atoms with Crippen LogP contribution in [0.2, 0.25) is 10.0 Å². The number of carboxylic acid groups (broad SMARTS) is 1. The van der Waals surface area contributed by atoms with Gasteiger partial charge in [-0.25, -0.2) is 4.79 Å². The third-order valence-corrected chi connectivity index (χ3v) is 4.59. The zero-order chi connectivity index (χ0) is 19.6. The molecule has 1 aromatic heterocycles. The lowest BCUT2D eigenvalue weighted by Gasteiger charge is -2.16. The van der Waals surface area contributed by atoms with Crippen LogP contribution in [0.25, 0.3) is 10.9 Å². The van der Waals surface area contributed by atoms with E-state index in [0.717, 1.165) is 0 Å². The van der Waals surface area contributed by atoms with Crippen molar-refractivity contribution in [3.8, 4) is 0 Å². The Labute approximate surface area is 163 Å². The van der Waals surface area contributed by atoms with Gasteiger partial charge in [0.25, 0.3) is 5.91 Å². The summed E-state index contributed by atoms with van der Waals surface area (Å²) in [5, 5.41) is 13.2. The van der Waals surface area contributed by atoms with Crippen molar-refractivity contribution in [1.82, 2.24) is 10.3 Å². The minimum Gasteiger partial charge on any atom is -0.480 e. The molecule has 3 N–H and O–H groups in total. The first-order chi connectivity index (χ1) is 12.8. The number of benzene rings is 2. The Bertz CT molecular complexity index is 1090. The van der Waals surface area contributed by atoms with Crippen molar-refractivity contribution >= 4 is 46.0 Å². The number of aromatic nitrogens is 1. The topological polar surface area (TPSA) is 99.3 Å². The molecule has 0 fully saturated rings. The third-order valence-electron chi connectivity index (χ3n) is 4.04. The molecule has 1 unspecified atom stereocenters. The van der Waals surface area contributed by atoms with Crippen LogP contribution >= 0.6 is 23.2 Å². The number of aliphatic carboxylic acids is 1. The van der Waals surface area contributed by atoms with E-state index in [0.29, 0.717) is 21.5 Å². The summed E-state index contributed by atoms with van der Waals surface area (Å²) in [5.41, 5.74) is 0.878. The summed E-state index contributed by atoms with van der Waals surface area (Å²) in [5.74, 6) is -1.86. The largest absolute Gasteiger partial charge is 0.480 e. The Morgan fingerprint density at radius 2 is 1.85 bits per heavy atom. The molecule has 0 aliphatic heterocycles. The van der Waals surface area contributed by atoms with E-state index >= 15 is 0 Å². The van der Waals surface area contributed by atoms with Gasteiger partial charge in [-0.1, -0.05) is 41.4 Å². The number of hydrogen-bond acceptors (Lipinski definition) is 3. The fourth-order valence-corrected chi connectivity index (χ4v) is 3.27. The fourth-order valence-electron chi connectivity index (χ4n) is 2.78. The molecule has 0 radical (unpaired) electrons. The summed E-state index contributed by atoms with van der Waals surface area (Å²) in [6.45, 7) is 0. The number of halogens is 2. The van der Waals surface area contributed by atoms with Crippen LogP contribution in [0.1, 0.15) is 15.9 Å². The number of pyridine rings is 1. The van der Waals surface area contributed by atoms with Gasteiger partial charge in [-0.05, 0) is 29.8 Å². The summed E-state index contributed by atoms with van der Waals surface area (Å²) in [6.07, 6.45) is -0.0588. The summed E-state index contributed by atoms with van der Waals surface area (Å²) < 4.78 is 0. The maximum atomic E-state index is 12.4. The van der Waals surface area contributed by atoms with Crippen molar-refractivity contribution in [3.63, 3.8) is 0 Å². The number of amides is 1. The number of rotatable bonds is 5. The SMILES string of the molecule is O=C(NC(Cc1cc(=O)[nH]c2ccccc12)C(=O)O)c1ccc(Cl)cc1Cl. The standard InChI is InChI=1S/C19H14Cl2N2O4/c20-11-5-6-13(14(21)9-11)18(25)23-16(19(26)27)7-10-8-17(24)22-15-4-2-1-3-12(10)15/h1-6,8-9,16H,7H2,(H,22,24)(H,23,25)(H,26,27). The van der Waals surface area contributed by atoms with Crippen LogP contribution in [0.4, 0.5) is 0 Å². The van der Waals surface area contributed by atoms with Crippen LogP contribution in [0.15, 0.2) is 53.3 Å². The highest BCUT2D eigenvalue weighted by atomic mass is 35.5. The van der Waals surface area contributed by atoms with Crippen LogP contribution in [-0.4, -0.2) is 28.0 Å². The molecule has 0 saturated carbocycles. The Balaban J connectivity index is 1.90. The van der Waals surface area contributed by atoms with Gasteiger partial charge in [-0.3, -0.25) is 9.59 Å². The van der Waals surface area contributed by atoms with E-state index in [9.17, 15) is 19.5 Å². The average Bonchev–Trinajstić information content (AvgIpc) is 2.60. The Morgan fingerprint density at radius 1 is 1.11 bits per heavy atom. The first-order valence-corrected chi connectivity index (χ1v) is 8.70. The highest BCUT2D eigenvalue weighted by molar-refractivity contribution is 6.36. The van der Waals surface area contributed by atoms with E-state index in [1.165, 1.54) is 24.3 Å². The molecule has 8 heteroatoms. The van der Waals surface area contributed by atoms with Crippen molar-refractivity contribution in [2.75, 3.05) is 0 Å². The van der Waals surface area contributed by atoms with E-state index in [-0.39, 0.29) is 22.6 Å². The number of carbonyl (C=O) groups excluding carboxylic acids is 1. The van der Waals surface area contributed by atoms with E-state index in [1.807, 2.05) is 0 Å². The minimum atomic E-state index is -1.24. The number of nitrogens with one attached hydrogen (secondary N) is 2. The molecule has 1 atom stereocenters. The molecule has 27 heavy (non-hydrogen) atoms. The number of carbonyl (C=O) groups is 2. The number of fused-ring (bicyclic) bond motifs is 1. The van der Waals surface area contributed by atoms with Crippen LogP contribution in [-0.2, 0) is 11.2 Å². The molecule has 0 aliphatic carbocycles. The molecule has 6 nitrogen and oxygen atoms in total. The van der Waals surface area contributed by atoms with Gasteiger partial charge in [-0.2, -0.15) is 0 Å². The molecule has 0 saturated heterocycles. The molecule has 0 spiro atoms. The van der Waals surface area contributed by atoms with Gasteiger partial charge >= 0.3 is 5.97 Å². The van der Waals surface area contributed by atoms with Crippen LogP contribution in [0.5, 0.6) is 0 Å². The third kappa shape index (κ3) is 4.30. The maximum Gasteiger partial charge on any atom is 0.326 e. The normalized spacial score (nSPS) is 11.9. The van der Waals surface area contributed by atoms with Crippen LogP contribution in [0, 0.1) is 0 Å². The maximum absolute atomic E-state index is 12.4. The molecule has 0 aliphatic rings. The predicted octanol–water partition coefficient (Wildman–Crippen LogP) is 3.26. The van der Waals surface area contributed by atoms with Gasteiger partial charge in [0.1, 0.15) is 6.04 Å². The number of para-hydroxylation sites is 1. The Hall–Kier alpha value is -2.83. The molecule has 3 rings (SSSR count). The van der Waals surface area contributed by atoms with E-state index in [2.05, 4.69) is 10.3 Å². The number of aromatic amines is 1. The Kier molecular flexibility index (Phi) is 5.48. The number of H-pyrrole nitrogens is 1. The predicted molar refractivity (Wildman–Crippen MR) is 104 cm³/mol. The number of carboxylic acids is 1. The second-order valence-electron chi connectivity index (χ2n) is 5.90. The molecule has 138 valence electrons. The minimum absolute atomic E-state index is 0.0588. The molecular formula is C19H14Cl2N2O4. The average molecular weight is 405 g/mol. The summed E-state index contributed by atoms with van der Waals surface area (Å²) in [7, 11) is 0. The van der Waals surface area contributed by atoms with Gasteiger partial charge in [-0.15, -0.1) is 0 Å². The first kappa shape index (κ1) is 18.9. The molecule has 1 heterocycles. The van der Waals surface area contributed by atoms with Crippen molar-refractivity contribution in [1.29, 1.82) is 0 Å². The molecule has 1 amide bonds. The number of hydrogen-bond donors (Lipinski definition) is 3. The van der Waals surface area contributed by atoms with Crippen molar-refractivity contribution in [2.45, 2.75) is 12.5 Å².